The minimum atomic E-state index is -0.310. The van der Waals surface area contributed by atoms with Gasteiger partial charge < -0.3 is 10.2 Å². The molecule has 0 amide bonds. The Bertz CT molecular complexity index is 1160. The molecule has 0 aromatic rings. The molecule has 0 aromatic carbocycles. The molecule has 0 spiro atoms. The average molecular weight is 573 g/mol. The Kier molecular flexibility index (Phi) is 14.0. The van der Waals surface area contributed by atoms with Gasteiger partial charge in [-0.2, -0.15) is 0 Å². The summed E-state index contributed by atoms with van der Waals surface area (Å²) in [6, 6.07) is 0. The smallest absolute Gasteiger partial charge is 0.0729 e. The largest absolute Gasteiger partial charge is 0.393 e. The van der Waals surface area contributed by atoms with Crippen molar-refractivity contribution in [2.45, 2.75) is 114 Å². The van der Waals surface area contributed by atoms with E-state index in [4.69, 9.17) is 0 Å². The van der Waals surface area contributed by atoms with Gasteiger partial charge in [-0.15, -0.1) is 0 Å². The van der Waals surface area contributed by atoms with Crippen LogP contribution in [0.25, 0.3) is 0 Å². The predicted molar refractivity (Wildman–Crippen MR) is 184 cm³/mol. The van der Waals surface area contributed by atoms with Gasteiger partial charge in [0.2, 0.25) is 0 Å². The van der Waals surface area contributed by atoms with Crippen molar-refractivity contribution in [1.82, 2.24) is 0 Å². The molecule has 2 N–H and O–H groups in total. The fraction of sp³-hybridized carbons (Fsp3) is 0.550. The fourth-order valence-electron chi connectivity index (χ4n) is 6.51. The summed E-state index contributed by atoms with van der Waals surface area (Å²) in [4.78, 5) is 0. The second kappa shape index (κ2) is 16.4. The minimum Gasteiger partial charge on any atom is -0.393 e. The summed E-state index contributed by atoms with van der Waals surface area (Å²) in [7, 11) is 0. The highest BCUT2D eigenvalue weighted by molar-refractivity contribution is 5.38. The van der Waals surface area contributed by atoms with E-state index in [2.05, 4.69) is 142 Å². The first-order valence-electron chi connectivity index (χ1n) is 16.1. The minimum absolute atomic E-state index is 0.0127. The summed E-state index contributed by atoms with van der Waals surface area (Å²) >= 11 is 0. The monoisotopic (exact) mass is 572 g/mol. The highest BCUT2D eigenvalue weighted by Crippen LogP contribution is 2.42. The molecule has 0 aromatic heterocycles. The first-order valence-corrected chi connectivity index (χ1v) is 16.1. The first kappa shape index (κ1) is 35.8. The standard InChI is InChI=1S/C40H60O2/c1-29(17-13-19-31(3)21-23-37-33(5)25-35(41)27-39(37,7)8)15-11-12-16-30(2)18-14-20-32(4)22-24-38-34(6)26-36(42)28-40(38,9)10/h11-15,17-19,21-24,26,30,32,35-36,38,41-42H,16,20,25,27-28H2,1-10H3/b12-11+,17-13+,18-14-,23-21+,24-22+,29-15+,31-19+/t30?,32?,35-,36-,38-/m0/s1. The van der Waals surface area contributed by atoms with E-state index in [9.17, 15) is 10.2 Å². The molecule has 42 heavy (non-hydrogen) atoms. The molecule has 0 bridgehead atoms. The van der Waals surface area contributed by atoms with Gasteiger partial charge in [0.25, 0.3) is 0 Å². The van der Waals surface area contributed by atoms with E-state index in [1.165, 1.54) is 27.9 Å². The predicted octanol–water partition coefficient (Wildman–Crippen LogP) is 10.6. The Labute approximate surface area is 258 Å². The van der Waals surface area contributed by atoms with E-state index >= 15 is 0 Å². The van der Waals surface area contributed by atoms with Crippen molar-refractivity contribution in [2.24, 2.45) is 28.6 Å². The van der Waals surface area contributed by atoms with Gasteiger partial charge in [-0.05, 0) is 88.0 Å². The average Bonchev–Trinajstić information content (AvgIpc) is 2.84. The van der Waals surface area contributed by atoms with Crippen LogP contribution in [0, 0.1) is 28.6 Å². The zero-order chi connectivity index (χ0) is 31.5. The second-order valence-corrected chi connectivity index (χ2v) is 14.5. The number of rotatable bonds is 12. The lowest BCUT2D eigenvalue weighted by Gasteiger charge is -2.38. The zero-order valence-corrected chi connectivity index (χ0v) is 28.3. The Morgan fingerprint density at radius 2 is 1.50 bits per heavy atom. The lowest BCUT2D eigenvalue weighted by atomic mass is 9.67. The van der Waals surface area contributed by atoms with Crippen LogP contribution in [0.4, 0.5) is 0 Å². The van der Waals surface area contributed by atoms with Crippen molar-refractivity contribution in [3.63, 3.8) is 0 Å². The molecule has 2 aliphatic carbocycles. The summed E-state index contributed by atoms with van der Waals surface area (Å²) in [6.45, 7) is 22.1. The molecule has 0 heterocycles. The molecule has 0 radical (unpaired) electrons. The van der Waals surface area contributed by atoms with Gasteiger partial charge in [0, 0.05) is 5.92 Å². The molecule has 0 saturated heterocycles. The van der Waals surface area contributed by atoms with Crippen LogP contribution in [0.15, 0.2) is 107 Å². The summed E-state index contributed by atoms with van der Waals surface area (Å²) in [5.74, 6) is 1.41. The van der Waals surface area contributed by atoms with Crippen molar-refractivity contribution in [3.05, 3.63) is 107 Å². The third-order valence-corrected chi connectivity index (χ3v) is 8.84. The topological polar surface area (TPSA) is 40.5 Å². The zero-order valence-electron chi connectivity index (χ0n) is 28.3. The molecule has 0 aliphatic heterocycles. The molecule has 2 unspecified atom stereocenters. The lowest BCUT2D eigenvalue weighted by Crippen LogP contribution is -2.32. The summed E-state index contributed by atoms with van der Waals surface area (Å²) in [5, 5.41) is 20.2. The second-order valence-electron chi connectivity index (χ2n) is 14.5. The van der Waals surface area contributed by atoms with Crippen LogP contribution in [0.1, 0.15) is 101 Å². The van der Waals surface area contributed by atoms with Crippen LogP contribution >= 0.6 is 0 Å². The molecule has 0 saturated carbocycles. The maximum absolute atomic E-state index is 10.1. The van der Waals surface area contributed by atoms with Crippen molar-refractivity contribution in [3.8, 4) is 0 Å². The van der Waals surface area contributed by atoms with Gasteiger partial charge in [0.15, 0.2) is 0 Å². The van der Waals surface area contributed by atoms with E-state index in [0.29, 0.717) is 17.8 Å². The first-order chi connectivity index (χ1) is 19.6. The van der Waals surface area contributed by atoms with Gasteiger partial charge in [-0.1, -0.05) is 143 Å². The van der Waals surface area contributed by atoms with E-state index in [0.717, 1.165) is 32.1 Å². The summed E-state index contributed by atoms with van der Waals surface area (Å²) in [6.07, 6.45) is 32.8. The van der Waals surface area contributed by atoms with Gasteiger partial charge in [-0.25, -0.2) is 0 Å². The molecular weight excluding hydrogens is 512 g/mol. The molecule has 5 atom stereocenters. The molecule has 0 fully saturated rings. The number of allylic oxidation sites excluding steroid dienone is 16. The van der Waals surface area contributed by atoms with Crippen LogP contribution in [-0.4, -0.2) is 22.4 Å². The molecule has 2 aliphatic rings. The van der Waals surface area contributed by atoms with E-state index in [1.54, 1.807) is 0 Å². The highest BCUT2D eigenvalue weighted by Gasteiger charge is 2.34. The summed E-state index contributed by atoms with van der Waals surface area (Å²) < 4.78 is 0. The maximum atomic E-state index is 10.1. The van der Waals surface area contributed by atoms with Crippen molar-refractivity contribution in [1.29, 1.82) is 0 Å². The third kappa shape index (κ3) is 12.1. The van der Waals surface area contributed by atoms with Crippen LogP contribution in [0.3, 0.4) is 0 Å². The van der Waals surface area contributed by atoms with Crippen LogP contribution in [0.2, 0.25) is 0 Å². The highest BCUT2D eigenvalue weighted by atomic mass is 16.3. The Morgan fingerprint density at radius 3 is 2.17 bits per heavy atom. The molecule has 2 rings (SSSR count). The van der Waals surface area contributed by atoms with Crippen LogP contribution < -0.4 is 0 Å². The Balaban J connectivity index is 1.79. The van der Waals surface area contributed by atoms with Crippen LogP contribution in [0.5, 0.6) is 0 Å². The van der Waals surface area contributed by atoms with Gasteiger partial charge >= 0.3 is 0 Å². The fourth-order valence-corrected chi connectivity index (χ4v) is 6.51. The third-order valence-electron chi connectivity index (χ3n) is 8.84. The van der Waals surface area contributed by atoms with Gasteiger partial charge in [0.1, 0.15) is 0 Å². The van der Waals surface area contributed by atoms with Crippen molar-refractivity contribution < 1.29 is 10.2 Å². The molecule has 2 nitrogen and oxygen atoms in total. The van der Waals surface area contributed by atoms with Crippen LogP contribution in [-0.2, 0) is 0 Å². The quantitative estimate of drug-likeness (QED) is 0.180. The number of aliphatic hydroxyl groups excluding tert-OH is 2. The van der Waals surface area contributed by atoms with E-state index in [-0.39, 0.29) is 23.0 Å². The molecule has 232 valence electrons. The Morgan fingerprint density at radius 1 is 0.881 bits per heavy atom. The van der Waals surface area contributed by atoms with E-state index < -0.39 is 0 Å². The molecule has 2 heteroatoms. The lowest BCUT2D eigenvalue weighted by molar-refractivity contribution is 0.116. The molecular formula is C40H60O2. The maximum Gasteiger partial charge on any atom is 0.0729 e. The summed E-state index contributed by atoms with van der Waals surface area (Å²) in [5.41, 5.74) is 6.48. The van der Waals surface area contributed by atoms with Crippen molar-refractivity contribution >= 4 is 0 Å². The number of aliphatic hydroxyl groups is 2. The van der Waals surface area contributed by atoms with E-state index in [1.807, 2.05) is 6.08 Å². The van der Waals surface area contributed by atoms with Gasteiger partial charge in [0.05, 0.1) is 12.2 Å². The normalized spacial score (nSPS) is 27.2. The van der Waals surface area contributed by atoms with Gasteiger partial charge in [-0.3, -0.25) is 0 Å². The SMILES string of the molecule is CC1=C[C@H](O)CC(C)(C)[C@H]1/C=C/C(C)C/C=C\C(C)C/C=C/C=C(C)/C=C/C=C(C)/C=C/C1=C(C)C[C@H](O)CC1(C)C. The number of hydrogen-bond donors (Lipinski definition) is 2. The van der Waals surface area contributed by atoms with Crippen molar-refractivity contribution in [2.75, 3.05) is 0 Å². The number of hydrogen-bond acceptors (Lipinski definition) is 2. The Hall–Kier alpha value is -2.42.